The summed E-state index contributed by atoms with van der Waals surface area (Å²) in [5, 5.41) is 1.14. The number of hydrogen-bond donors (Lipinski definition) is 0. The van der Waals surface area contributed by atoms with E-state index in [1.807, 2.05) is 0 Å². The molecule has 5 rings (SSSR count). The molecule has 5 heterocycles. The van der Waals surface area contributed by atoms with Crippen LogP contribution in [0.4, 0.5) is 5.82 Å². The van der Waals surface area contributed by atoms with Crippen molar-refractivity contribution in [2.24, 2.45) is 0 Å². The molecule has 0 saturated carbocycles. The van der Waals surface area contributed by atoms with E-state index in [0.717, 1.165) is 54.4 Å². The van der Waals surface area contributed by atoms with E-state index in [-0.39, 0.29) is 0 Å². The minimum atomic E-state index is 0.642. The van der Waals surface area contributed by atoms with E-state index in [9.17, 15) is 0 Å². The molecule has 0 radical (unpaired) electrons. The highest BCUT2D eigenvalue weighted by Gasteiger charge is 2.23. The number of morpholine rings is 1. The van der Waals surface area contributed by atoms with Gasteiger partial charge in [-0.2, -0.15) is 0 Å². The summed E-state index contributed by atoms with van der Waals surface area (Å²) in [5.41, 5.74) is 0.845. The Morgan fingerprint density at radius 1 is 1.10 bits per heavy atom. The number of nitrogens with zero attached hydrogens (tertiary/aromatic N) is 7. The van der Waals surface area contributed by atoms with Crippen LogP contribution in [0.1, 0.15) is 17.7 Å². The molecule has 31 heavy (non-hydrogen) atoms. The third-order valence-electron chi connectivity index (χ3n) is 6.27. The number of likely N-dealkylation sites (tertiary alicyclic amines) is 1. The van der Waals surface area contributed by atoms with Crippen LogP contribution in [-0.4, -0.2) is 89.3 Å². The molecular weight excluding hydrogens is 410 g/mol. The van der Waals surface area contributed by atoms with Gasteiger partial charge in [-0.15, -0.1) is 11.3 Å². The summed E-state index contributed by atoms with van der Waals surface area (Å²) in [4.78, 5) is 27.8. The van der Waals surface area contributed by atoms with Crippen molar-refractivity contribution >= 4 is 27.4 Å². The zero-order valence-corrected chi connectivity index (χ0v) is 19.0. The Kier molecular flexibility index (Phi) is 6.08. The van der Waals surface area contributed by atoms with Gasteiger partial charge in [0, 0.05) is 42.9 Å². The minimum absolute atomic E-state index is 0.642. The molecule has 0 aromatic carbocycles. The average molecular weight is 440 g/mol. The normalized spacial score (nSPS) is 18.9. The van der Waals surface area contributed by atoms with Gasteiger partial charge in [0.15, 0.2) is 5.82 Å². The second-order valence-corrected chi connectivity index (χ2v) is 9.59. The highest BCUT2D eigenvalue weighted by Crippen LogP contribution is 2.34. The molecule has 0 unspecified atom stereocenters. The number of thiophene rings is 1. The van der Waals surface area contributed by atoms with Crippen LogP contribution in [0.5, 0.6) is 0 Å². The Morgan fingerprint density at radius 3 is 2.58 bits per heavy atom. The molecule has 2 aliphatic rings. The first kappa shape index (κ1) is 20.7. The molecule has 9 heteroatoms. The van der Waals surface area contributed by atoms with E-state index >= 15 is 0 Å². The fourth-order valence-electron chi connectivity index (χ4n) is 4.40. The maximum atomic E-state index is 5.57. The van der Waals surface area contributed by atoms with Crippen LogP contribution in [0.25, 0.3) is 21.6 Å². The van der Waals surface area contributed by atoms with Crippen molar-refractivity contribution in [3.05, 3.63) is 29.7 Å². The second kappa shape index (κ2) is 9.12. The van der Waals surface area contributed by atoms with Crippen LogP contribution in [0.3, 0.4) is 0 Å². The predicted molar refractivity (Wildman–Crippen MR) is 123 cm³/mol. The maximum absolute atomic E-state index is 5.57. The van der Waals surface area contributed by atoms with E-state index in [1.54, 1.807) is 23.7 Å². The monoisotopic (exact) mass is 439 g/mol. The molecule has 0 amide bonds. The number of anilines is 1. The summed E-state index contributed by atoms with van der Waals surface area (Å²) >= 11 is 1.78. The number of ether oxygens (including phenoxy) is 1. The predicted octanol–water partition coefficient (Wildman–Crippen LogP) is 2.51. The number of piperidine rings is 1. The lowest BCUT2D eigenvalue weighted by Crippen LogP contribution is -2.41. The van der Waals surface area contributed by atoms with Crippen molar-refractivity contribution in [3.63, 3.8) is 0 Å². The fraction of sp³-hybridized carbons (Fsp3) is 0.545. The smallest absolute Gasteiger partial charge is 0.166 e. The standard InChI is InChI=1S/C22H29N7OS/c1-27-5-3-17(4-6-27)28(2)14-18-11-19-21(29-7-9-30-10-8-29)25-20(26-22(19)31-18)16-12-23-15-24-13-16/h11-13,15,17H,3-10,14H2,1-2H3. The van der Waals surface area contributed by atoms with Crippen LogP contribution in [0.15, 0.2) is 24.8 Å². The van der Waals surface area contributed by atoms with Gasteiger partial charge >= 0.3 is 0 Å². The highest BCUT2D eigenvalue weighted by molar-refractivity contribution is 7.18. The lowest BCUT2D eigenvalue weighted by molar-refractivity contribution is 0.122. The molecule has 2 fully saturated rings. The van der Waals surface area contributed by atoms with Crippen LogP contribution >= 0.6 is 11.3 Å². The fourth-order valence-corrected chi connectivity index (χ4v) is 5.49. The van der Waals surface area contributed by atoms with Gasteiger partial charge in [0.25, 0.3) is 0 Å². The van der Waals surface area contributed by atoms with Gasteiger partial charge < -0.3 is 14.5 Å². The molecule has 8 nitrogen and oxygen atoms in total. The number of rotatable bonds is 5. The number of hydrogen-bond acceptors (Lipinski definition) is 9. The summed E-state index contributed by atoms with van der Waals surface area (Å²) in [6.45, 7) is 6.44. The second-order valence-electron chi connectivity index (χ2n) is 8.48. The molecule has 0 N–H and O–H groups in total. The molecule has 0 atom stereocenters. The van der Waals surface area contributed by atoms with Crippen LogP contribution in [0.2, 0.25) is 0 Å². The van der Waals surface area contributed by atoms with E-state index in [0.29, 0.717) is 11.9 Å². The van der Waals surface area contributed by atoms with E-state index in [1.165, 1.54) is 37.1 Å². The van der Waals surface area contributed by atoms with Gasteiger partial charge in [-0.3, -0.25) is 4.90 Å². The first-order chi connectivity index (χ1) is 15.2. The molecule has 3 aromatic rings. The van der Waals surface area contributed by atoms with Crippen molar-refractivity contribution in [1.82, 2.24) is 29.7 Å². The summed E-state index contributed by atoms with van der Waals surface area (Å²) in [7, 11) is 4.46. The maximum Gasteiger partial charge on any atom is 0.166 e. The first-order valence-corrected chi connectivity index (χ1v) is 11.8. The van der Waals surface area contributed by atoms with Crippen LogP contribution in [0, 0.1) is 0 Å². The minimum Gasteiger partial charge on any atom is -0.378 e. The van der Waals surface area contributed by atoms with Crippen molar-refractivity contribution in [3.8, 4) is 11.4 Å². The van der Waals surface area contributed by atoms with Crippen molar-refractivity contribution in [2.75, 3.05) is 58.4 Å². The molecule has 2 aliphatic heterocycles. The van der Waals surface area contributed by atoms with Gasteiger partial charge in [0.05, 0.1) is 24.2 Å². The third kappa shape index (κ3) is 4.55. The molecule has 164 valence electrons. The lowest BCUT2D eigenvalue weighted by Gasteiger charge is -2.34. The largest absolute Gasteiger partial charge is 0.378 e. The highest BCUT2D eigenvalue weighted by atomic mass is 32.1. The zero-order valence-electron chi connectivity index (χ0n) is 18.2. The van der Waals surface area contributed by atoms with Gasteiger partial charge in [0.1, 0.15) is 17.0 Å². The van der Waals surface area contributed by atoms with E-state index in [4.69, 9.17) is 14.7 Å². The van der Waals surface area contributed by atoms with Crippen LogP contribution in [-0.2, 0) is 11.3 Å². The summed E-state index contributed by atoms with van der Waals surface area (Å²) < 4.78 is 5.57. The Balaban J connectivity index is 1.47. The van der Waals surface area contributed by atoms with Crippen molar-refractivity contribution < 1.29 is 4.74 Å². The summed E-state index contributed by atoms with van der Waals surface area (Å²) in [5.74, 6) is 1.68. The molecule has 0 aliphatic carbocycles. The van der Waals surface area contributed by atoms with Crippen molar-refractivity contribution in [1.29, 1.82) is 0 Å². The number of fused-ring (bicyclic) bond motifs is 1. The Labute approximate surface area is 186 Å². The SMILES string of the molecule is CN1CCC(N(C)Cc2cc3c(N4CCOCC4)nc(-c4cncnc4)nc3s2)CC1. The molecule has 2 saturated heterocycles. The Morgan fingerprint density at radius 2 is 1.84 bits per heavy atom. The van der Waals surface area contributed by atoms with Crippen molar-refractivity contribution in [2.45, 2.75) is 25.4 Å². The Hall–Kier alpha value is -2.20. The van der Waals surface area contributed by atoms with E-state index in [2.05, 4.69) is 44.8 Å². The molecule has 0 spiro atoms. The third-order valence-corrected chi connectivity index (χ3v) is 7.28. The molecule has 3 aromatic heterocycles. The van der Waals surface area contributed by atoms with Gasteiger partial charge in [0.2, 0.25) is 0 Å². The van der Waals surface area contributed by atoms with Gasteiger partial charge in [-0.05, 0) is 46.1 Å². The number of aromatic nitrogens is 4. The Bertz CT molecular complexity index is 1010. The zero-order chi connectivity index (χ0) is 21.2. The van der Waals surface area contributed by atoms with Crippen LogP contribution < -0.4 is 4.90 Å². The average Bonchev–Trinajstić information content (AvgIpc) is 3.22. The molecule has 0 bridgehead atoms. The van der Waals surface area contributed by atoms with E-state index < -0.39 is 0 Å². The van der Waals surface area contributed by atoms with Gasteiger partial charge in [-0.1, -0.05) is 0 Å². The molecular formula is C22H29N7OS. The van der Waals surface area contributed by atoms with Gasteiger partial charge in [-0.25, -0.2) is 19.9 Å². The summed E-state index contributed by atoms with van der Waals surface area (Å²) in [6, 6.07) is 2.94. The topological polar surface area (TPSA) is 70.5 Å². The quantitative estimate of drug-likeness (QED) is 0.601. The summed E-state index contributed by atoms with van der Waals surface area (Å²) in [6.07, 6.45) is 7.55. The first-order valence-electron chi connectivity index (χ1n) is 10.9. The lowest BCUT2D eigenvalue weighted by atomic mass is 10.0.